The molecule has 1 aromatic carbocycles. The third kappa shape index (κ3) is 2.46. The molecule has 0 saturated carbocycles. The van der Waals surface area contributed by atoms with E-state index in [1.54, 1.807) is 19.1 Å². The zero-order valence-corrected chi connectivity index (χ0v) is 9.20. The summed E-state index contributed by atoms with van der Waals surface area (Å²) in [6.07, 6.45) is 1.49. The van der Waals surface area contributed by atoms with Crippen LogP contribution >= 0.6 is 11.6 Å². The third-order valence-corrected chi connectivity index (χ3v) is 2.13. The first-order valence-electron chi connectivity index (χ1n) is 4.58. The van der Waals surface area contributed by atoms with Gasteiger partial charge in [-0.1, -0.05) is 0 Å². The molecule has 0 saturated heterocycles. The Balaban J connectivity index is 2.24. The lowest BCUT2D eigenvalue weighted by Crippen LogP contribution is -1.91. The molecule has 0 unspecified atom stereocenters. The Hall–Kier alpha value is -1.68. The largest absolute Gasteiger partial charge is 0.439 e. The number of aromatic nitrogens is 2. The maximum Gasteiger partial charge on any atom is 0.225 e. The predicted molar refractivity (Wildman–Crippen MR) is 58.3 cm³/mol. The molecule has 3 nitrogen and oxygen atoms in total. The lowest BCUT2D eigenvalue weighted by molar-refractivity contribution is 0.459. The highest BCUT2D eigenvalue weighted by Crippen LogP contribution is 2.22. The van der Waals surface area contributed by atoms with Gasteiger partial charge in [0.25, 0.3) is 0 Å². The molecule has 1 heterocycles. The molecule has 2 rings (SSSR count). The van der Waals surface area contributed by atoms with E-state index in [-0.39, 0.29) is 11.1 Å². The molecule has 0 amide bonds. The van der Waals surface area contributed by atoms with Crippen molar-refractivity contribution in [2.75, 3.05) is 0 Å². The fourth-order valence-electron chi connectivity index (χ4n) is 1.18. The third-order valence-electron chi connectivity index (χ3n) is 1.95. The molecule has 0 aliphatic heterocycles. The summed E-state index contributed by atoms with van der Waals surface area (Å²) in [6.45, 7) is 1.66. The van der Waals surface area contributed by atoms with Crippen LogP contribution in [0.15, 0.2) is 30.5 Å². The van der Waals surface area contributed by atoms with Crippen molar-refractivity contribution >= 4 is 11.6 Å². The van der Waals surface area contributed by atoms with E-state index in [0.717, 1.165) is 0 Å². The van der Waals surface area contributed by atoms with Gasteiger partial charge in [0.2, 0.25) is 11.2 Å². The van der Waals surface area contributed by atoms with Crippen molar-refractivity contribution in [3.63, 3.8) is 0 Å². The summed E-state index contributed by atoms with van der Waals surface area (Å²) in [5.41, 5.74) is 0.512. The molecule has 0 fully saturated rings. The molecule has 5 heteroatoms. The molecule has 0 spiro atoms. The van der Waals surface area contributed by atoms with Gasteiger partial charge in [-0.15, -0.1) is 0 Å². The molecule has 0 aliphatic rings. The smallest absolute Gasteiger partial charge is 0.225 e. The summed E-state index contributed by atoms with van der Waals surface area (Å²) in [4.78, 5) is 7.59. The zero-order chi connectivity index (χ0) is 11.5. The van der Waals surface area contributed by atoms with Crippen molar-refractivity contribution in [2.45, 2.75) is 6.92 Å². The van der Waals surface area contributed by atoms with Gasteiger partial charge in [-0.25, -0.2) is 9.37 Å². The van der Waals surface area contributed by atoms with E-state index in [4.69, 9.17) is 16.3 Å². The highest BCUT2D eigenvalue weighted by Gasteiger charge is 2.03. The molecule has 0 bridgehead atoms. The molecule has 0 atom stereocenters. The highest BCUT2D eigenvalue weighted by atomic mass is 35.5. The highest BCUT2D eigenvalue weighted by molar-refractivity contribution is 6.28. The van der Waals surface area contributed by atoms with E-state index in [9.17, 15) is 4.39 Å². The predicted octanol–water partition coefficient (Wildman–Crippen LogP) is 3.37. The average molecular weight is 239 g/mol. The second-order valence-corrected chi connectivity index (χ2v) is 3.52. The topological polar surface area (TPSA) is 35.0 Å². The fraction of sp³-hybridized carbons (Fsp3) is 0.0909. The Kier molecular flexibility index (Phi) is 3.01. The van der Waals surface area contributed by atoms with Crippen molar-refractivity contribution in [3.8, 4) is 11.6 Å². The van der Waals surface area contributed by atoms with Crippen LogP contribution in [0.25, 0.3) is 0 Å². The quantitative estimate of drug-likeness (QED) is 0.753. The van der Waals surface area contributed by atoms with Crippen LogP contribution in [0.4, 0.5) is 4.39 Å². The van der Waals surface area contributed by atoms with Crippen LogP contribution < -0.4 is 4.74 Å². The number of benzene rings is 1. The summed E-state index contributed by atoms with van der Waals surface area (Å²) >= 11 is 5.61. The van der Waals surface area contributed by atoms with E-state index < -0.39 is 0 Å². The van der Waals surface area contributed by atoms with Crippen LogP contribution in [0, 0.1) is 12.7 Å². The van der Waals surface area contributed by atoms with Crippen LogP contribution in [0.2, 0.25) is 5.28 Å². The van der Waals surface area contributed by atoms with Gasteiger partial charge in [0.1, 0.15) is 11.6 Å². The van der Waals surface area contributed by atoms with Crippen molar-refractivity contribution in [3.05, 3.63) is 47.1 Å². The molecule has 1 aromatic heterocycles. The van der Waals surface area contributed by atoms with Crippen molar-refractivity contribution in [1.29, 1.82) is 0 Å². The summed E-state index contributed by atoms with van der Waals surface area (Å²) < 4.78 is 18.4. The molecule has 82 valence electrons. The molecular weight excluding hydrogens is 231 g/mol. The monoisotopic (exact) mass is 238 g/mol. The van der Waals surface area contributed by atoms with Crippen LogP contribution in [0.3, 0.4) is 0 Å². The van der Waals surface area contributed by atoms with Gasteiger partial charge in [0.15, 0.2) is 0 Å². The molecule has 0 aliphatic carbocycles. The first-order valence-corrected chi connectivity index (χ1v) is 4.95. The van der Waals surface area contributed by atoms with Gasteiger partial charge in [-0.05, 0) is 42.3 Å². The minimum atomic E-state index is -0.270. The first kappa shape index (κ1) is 10.8. The minimum Gasteiger partial charge on any atom is -0.439 e. The van der Waals surface area contributed by atoms with E-state index in [1.807, 2.05) is 0 Å². The Bertz CT molecular complexity index is 519. The average Bonchev–Trinajstić information content (AvgIpc) is 2.24. The van der Waals surface area contributed by atoms with Crippen LogP contribution in [-0.4, -0.2) is 9.97 Å². The van der Waals surface area contributed by atoms with E-state index in [2.05, 4.69) is 9.97 Å². The number of hydrogen-bond acceptors (Lipinski definition) is 3. The second kappa shape index (κ2) is 4.45. The SMILES string of the molecule is Cc1cc(Oc2ccnc(Cl)n2)ccc1F. The lowest BCUT2D eigenvalue weighted by Gasteiger charge is -2.05. The van der Waals surface area contributed by atoms with Gasteiger partial charge < -0.3 is 4.74 Å². The van der Waals surface area contributed by atoms with Crippen molar-refractivity contribution in [2.24, 2.45) is 0 Å². The summed E-state index contributed by atoms with van der Waals surface area (Å²) in [7, 11) is 0. The standard InChI is InChI=1S/C11H8ClFN2O/c1-7-6-8(2-3-9(7)13)16-10-4-5-14-11(12)15-10/h2-6H,1H3. The number of rotatable bonds is 2. The number of halogens is 2. The fourth-order valence-corrected chi connectivity index (χ4v) is 1.32. The number of aryl methyl sites for hydroxylation is 1. The summed E-state index contributed by atoms with van der Waals surface area (Å²) in [5.74, 6) is 0.563. The number of hydrogen-bond donors (Lipinski definition) is 0. The maximum atomic E-state index is 13.0. The van der Waals surface area contributed by atoms with E-state index >= 15 is 0 Å². The van der Waals surface area contributed by atoms with Gasteiger partial charge in [0.05, 0.1) is 0 Å². The van der Waals surface area contributed by atoms with Crippen molar-refractivity contribution in [1.82, 2.24) is 9.97 Å². The van der Waals surface area contributed by atoms with Gasteiger partial charge in [-0.3, -0.25) is 0 Å². The van der Waals surface area contributed by atoms with E-state index in [0.29, 0.717) is 17.2 Å². The normalized spacial score (nSPS) is 10.2. The Morgan fingerprint density at radius 2 is 2.12 bits per heavy atom. The zero-order valence-electron chi connectivity index (χ0n) is 8.45. The Morgan fingerprint density at radius 3 is 2.81 bits per heavy atom. The maximum absolute atomic E-state index is 13.0. The molecule has 0 radical (unpaired) electrons. The summed E-state index contributed by atoms with van der Waals surface area (Å²) in [5, 5.41) is 0.108. The number of ether oxygens (including phenoxy) is 1. The van der Waals surface area contributed by atoms with Crippen molar-refractivity contribution < 1.29 is 9.13 Å². The summed E-state index contributed by atoms with van der Waals surface area (Å²) in [6, 6.07) is 6.03. The van der Waals surface area contributed by atoms with E-state index in [1.165, 1.54) is 18.3 Å². The van der Waals surface area contributed by atoms with Crippen LogP contribution in [-0.2, 0) is 0 Å². The Labute approximate surface area is 96.9 Å². The van der Waals surface area contributed by atoms with Gasteiger partial charge in [0, 0.05) is 12.3 Å². The Morgan fingerprint density at radius 1 is 1.31 bits per heavy atom. The molecular formula is C11H8ClFN2O. The minimum absolute atomic E-state index is 0.108. The van der Waals surface area contributed by atoms with Crippen LogP contribution in [0.1, 0.15) is 5.56 Å². The molecule has 16 heavy (non-hydrogen) atoms. The van der Waals surface area contributed by atoms with Gasteiger partial charge >= 0.3 is 0 Å². The lowest BCUT2D eigenvalue weighted by atomic mass is 10.2. The second-order valence-electron chi connectivity index (χ2n) is 3.18. The van der Waals surface area contributed by atoms with Gasteiger partial charge in [-0.2, -0.15) is 4.98 Å². The molecule has 0 N–H and O–H groups in total. The first-order chi connectivity index (χ1) is 7.65. The van der Waals surface area contributed by atoms with Crippen LogP contribution in [0.5, 0.6) is 11.6 Å². The number of nitrogens with zero attached hydrogens (tertiary/aromatic N) is 2. The molecule has 2 aromatic rings.